The molecule has 7 nitrogen and oxygen atoms in total. The standard InChI is InChI=1S/C7H8IN3O4/c8-3-1-11(2-4(9)6(13)14)7(15)10-5(3)12/h1,4H,2,9H2,(H,13,14)(H,10,12,15). The van der Waals surface area contributed by atoms with Crippen molar-refractivity contribution in [2.24, 2.45) is 5.73 Å². The largest absolute Gasteiger partial charge is 0.480 e. The molecule has 0 aromatic carbocycles. The van der Waals surface area contributed by atoms with Crippen LogP contribution in [-0.2, 0) is 11.3 Å². The molecule has 0 spiro atoms. The first-order valence-electron chi connectivity index (χ1n) is 3.89. The number of halogens is 1. The van der Waals surface area contributed by atoms with E-state index < -0.39 is 23.3 Å². The zero-order valence-corrected chi connectivity index (χ0v) is 9.59. The number of rotatable bonds is 3. The highest BCUT2D eigenvalue weighted by atomic mass is 127. The van der Waals surface area contributed by atoms with Crippen molar-refractivity contribution in [3.63, 3.8) is 0 Å². The summed E-state index contributed by atoms with van der Waals surface area (Å²) in [7, 11) is 0. The highest BCUT2D eigenvalue weighted by Gasteiger charge is 2.13. The monoisotopic (exact) mass is 325 g/mol. The van der Waals surface area contributed by atoms with E-state index in [-0.39, 0.29) is 6.54 Å². The Kier molecular flexibility index (Phi) is 3.63. The van der Waals surface area contributed by atoms with Gasteiger partial charge in [0.25, 0.3) is 5.56 Å². The summed E-state index contributed by atoms with van der Waals surface area (Å²) < 4.78 is 1.35. The number of hydrogen-bond donors (Lipinski definition) is 3. The normalized spacial score (nSPS) is 12.4. The fourth-order valence-electron chi connectivity index (χ4n) is 0.908. The second-order valence-corrected chi connectivity index (χ2v) is 4.00. The van der Waals surface area contributed by atoms with Crippen LogP contribution >= 0.6 is 22.6 Å². The molecule has 82 valence electrons. The van der Waals surface area contributed by atoms with Crippen LogP contribution in [0.1, 0.15) is 0 Å². The summed E-state index contributed by atoms with van der Waals surface area (Å²) >= 11 is 1.74. The second-order valence-electron chi connectivity index (χ2n) is 2.83. The van der Waals surface area contributed by atoms with Crippen molar-refractivity contribution in [1.82, 2.24) is 9.55 Å². The molecule has 4 N–H and O–H groups in total. The Bertz CT molecular complexity index is 492. The van der Waals surface area contributed by atoms with Crippen molar-refractivity contribution in [3.8, 4) is 0 Å². The minimum Gasteiger partial charge on any atom is -0.480 e. The maximum Gasteiger partial charge on any atom is 0.328 e. The quantitative estimate of drug-likeness (QED) is 0.588. The summed E-state index contributed by atoms with van der Waals surface area (Å²) in [6.07, 6.45) is 1.27. The van der Waals surface area contributed by atoms with Crippen molar-refractivity contribution < 1.29 is 9.90 Å². The molecule has 8 heteroatoms. The van der Waals surface area contributed by atoms with E-state index in [1.807, 2.05) is 4.98 Å². The molecule has 1 rings (SSSR count). The van der Waals surface area contributed by atoms with E-state index in [1.165, 1.54) is 6.20 Å². The lowest BCUT2D eigenvalue weighted by Gasteiger charge is -2.08. The highest BCUT2D eigenvalue weighted by molar-refractivity contribution is 14.1. The van der Waals surface area contributed by atoms with Crippen molar-refractivity contribution in [1.29, 1.82) is 0 Å². The van der Waals surface area contributed by atoms with Crippen LogP contribution in [0.3, 0.4) is 0 Å². The molecule has 1 unspecified atom stereocenters. The molecule has 0 aliphatic heterocycles. The van der Waals surface area contributed by atoms with Gasteiger partial charge in [-0.15, -0.1) is 0 Å². The number of nitrogens with one attached hydrogen (secondary N) is 1. The number of carboxylic acid groups (broad SMARTS) is 1. The van der Waals surface area contributed by atoms with Crippen molar-refractivity contribution in [3.05, 3.63) is 30.6 Å². The molecular weight excluding hydrogens is 317 g/mol. The minimum atomic E-state index is -1.21. The second kappa shape index (κ2) is 4.57. The summed E-state index contributed by atoms with van der Waals surface area (Å²) in [6, 6.07) is -1.18. The fraction of sp³-hybridized carbons (Fsp3) is 0.286. The van der Waals surface area contributed by atoms with Gasteiger partial charge in [0.05, 0.1) is 10.1 Å². The summed E-state index contributed by atoms with van der Waals surface area (Å²) in [5.74, 6) is -1.21. The summed E-state index contributed by atoms with van der Waals surface area (Å²) in [5, 5.41) is 8.54. The van der Waals surface area contributed by atoms with Gasteiger partial charge >= 0.3 is 11.7 Å². The number of aromatic nitrogens is 2. The lowest BCUT2D eigenvalue weighted by Crippen LogP contribution is -2.40. The predicted molar refractivity (Wildman–Crippen MR) is 59.7 cm³/mol. The Morgan fingerprint density at radius 1 is 1.67 bits per heavy atom. The molecule has 15 heavy (non-hydrogen) atoms. The lowest BCUT2D eigenvalue weighted by atomic mass is 10.3. The third-order valence-electron chi connectivity index (χ3n) is 1.68. The maximum atomic E-state index is 11.2. The van der Waals surface area contributed by atoms with Crippen molar-refractivity contribution in [2.75, 3.05) is 0 Å². The molecule has 0 aliphatic rings. The van der Waals surface area contributed by atoms with Gasteiger partial charge in [0.2, 0.25) is 0 Å². The number of aliphatic carboxylic acids is 1. The third-order valence-corrected chi connectivity index (χ3v) is 2.45. The summed E-state index contributed by atoms with van der Waals surface area (Å²) in [6.45, 7) is -0.180. The number of carboxylic acids is 1. The van der Waals surface area contributed by atoms with Crippen LogP contribution in [0.25, 0.3) is 0 Å². The smallest absolute Gasteiger partial charge is 0.328 e. The number of H-pyrrole nitrogens is 1. The Labute approximate surface area is 97.1 Å². The summed E-state index contributed by atoms with van der Waals surface area (Å²) in [4.78, 5) is 34.7. The first-order valence-corrected chi connectivity index (χ1v) is 4.97. The zero-order valence-electron chi connectivity index (χ0n) is 7.44. The van der Waals surface area contributed by atoms with Gasteiger partial charge in [-0.05, 0) is 22.6 Å². The highest BCUT2D eigenvalue weighted by Crippen LogP contribution is 1.93. The molecule has 0 aliphatic carbocycles. The number of nitrogens with two attached hydrogens (primary N) is 1. The van der Waals surface area contributed by atoms with Gasteiger partial charge in [0.15, 0.2) is 0 Å². The molecule has 0 saturated carbocycles. The molecule has 0 fully saturated rings. The molecule has 0 saturated heterocycles. The average Bonchev–Trinajstić information content (AvgIpc) is 2.13. The van der Waals surface area contributed by atoms with Crippen molar-refractivity contribution >= 4 is 28.6 Å². The van der Waals surface area contributed by atoms with E-state index in [4.69, 9.17) is 10.8 Å². The fourth-order valence-corrected chi connectivity index (χ4v) is 1.38. The van der Waals surface area contributed by atoms with Crippen LogP contribution in [0.4, 0.5) is 0 Å². The van der Waals surface area contributed by atoms with Gasteiger partial charge in [-0.25, -0.2) is 4.79 Å². The van der Waals surface area contributed by atoms with Crippen LogP contribution in [0.15, 0.2) is 15.8 Å². The molecule has 0 bridgehead atoms. The van der Waals surface area contributed by atoms with Crippen LogP contribution < -0.4 is 17.0 Å². The van der Waals surface area contributed by atoms with Crippen molar-refractivity contribution in [2.45, 2.75) is 12.6 Å². The van der Waals surface area contributed by atoms with E-state index >= 15 is 0 Å². The van der Waals surface area contributed by atoms with E-state index in [9.17, 15) is 14.4 Å². The van der Waals surface area contributed by atoms with Crippen LogP contribution in [-0.4, -0.2) is 26.7 Å². The van der Waals surface area contributed by atoms with Gasteiger partial charge in [-0.2, -0.15) is 0 Å². The Balaban J connectivity index is 3.06. The Morgan fingerprint density at radius 2 is 2.27 bits per heavy atom. The third kappa shape index (κ3) is 2.89. The van der Waals surface area contributed by atoms with Crippen LogP contribution in [0.5, 0.6) is 0 Å². The number of carbonyl (C=O) groups is 1. The van der Waals surface area contributed by atoms with E-state index in [0.29, 0.717) is 3.57 Å². The summed E-state index contributed by atoms with van der Waals surface area (Å²) in [5.41, 5.74) is 4.08. The van der Waals surface area contributed by atoms with E-state index in [0.717, 1.165) is 4.57 Å². The SMILES string of the molecule is NC(Cn1cc(I)c(=O)[nH]c1=O)C(=O)O. The van der Waals surface area contributed by atoms with Gasteiger partial charge < -0.3 is 10.8 Å². The maximum absolute atomic E-state index is 11.2. The molecule has 0 radical (unpaired) electrons. The first-order chi connectivity index (χ1) is 6.91. The van der Waals surface area contributed by atoms with E-state index in [2.05, 4.69) is 0 Å². The number of nitrogens with zero attached hydrogens (tertiary/aromatic N) is 1. The Morgan fingerprint density at radius 3 is 2.80 bits per heavy atom. The molecule has 1 atom stereocenters. The van der Waals surface area contributed by atoms with Gasteiger partial charge in [-0.1, -0.05) is 0 Å². The molecule has 0 amide bonds. The molecule has 1 aromatic rings. The van der Waals surface area contributed by atoms with Gasteiger partial charge in [0.1, 0.15) is 6.04 Å². The lowest BCUT2D eigenvalue weighted by molar-refractivity contribution is -0.138. The first kappa shape index (κ1) is 11.9. The predicted octanol–water partition coefficient (Wildman–Crippen LogP) is -1.45. The van der Waals surface area contributed by atoms with Crippen LogP contribution in [0, 0.1) is 3.57 Å². The van der Waals surface area contributed by atoms with Crippen LogP contribution in [0.2, 0.25) is 0 Å². The average molecular weight is 325 g/mol. The zero-order chi connectivity index (χ0) is 11.6. The molecule has 1 heterocycles. The minimum absolute atomic E-state index is 0.180. The topological polar surface area (TPSA) is 118 Å². The number of aromatic amines is 1. The molecule has 1 aromatic heterocycles. The van der Waals surface area contributed by atoms with E-state index in [1.54, 1.807) is 22.6 Å². The Hall–Kier alpha value is -1.16. The molecular formula is C7H8IN3O4. The number of hydrogen-bond acceptors (Lipinski definition) is 4. The van der Waals surface area contributed by atoms with Gasteiger partial charge in [0, 0.05) is 6.20 Å². The van der Waals surface area contributed by atoms with Gasteiger partial charge in [-0.3, -0.25) is 19.1 Å².